The van der Waals surface area contributed by atoms with E-state index in [-0.39, 0.29) is 5.60 Å². The van der Waals surface area contributed by atoms with E-state index in [1.54, 1.807) is 7.11 Å². The molecule has 0 bridgehead atoms. The maximum atomic E-state index is 5.60. The normalized spacial score (nSPS) is 23.6. The van der Waals surface area contributed by atoms with Crippen molar-refractivity contribution in [1.82, 2.24) is 5.32 Å². The fourth-order valence-corrected chi connectivity index (χ4v) is 2.45. The van der Waals surface area contributed by atoms with E-state index >= 15 is 0 Å². The molecule has 1 fully saturated rings. The summed E-state index contributed by atoms with van der Waals surface area (Å²) in [6, 6.07) is 0.578. The van der Waals surface area contributed by atoms with Crippen LogP contribution in [-0.2, 0) is 9.47 Å². The molecule has 2 unspecified atom stereocenters. The van der Waals surface area contributed by atoms with Crippen molar-refractivity contribution in [1.29, 1.82) is 0 Å². The number of hydrogen-bond acceptors (Lipinski definition) is 3. The van der Waals surface area contributed by atoms with Crippen molar-refractivity contribution >= 4 is 0 Å². The lowest BCUT2D eigenvalue weighted by Gasteiger charge is -2.33. The first kappa shape index (κ1) is 14.9. The van der Waals surface area contributed by atoms with Gasteiger partial charge in [0.05, 0.1) is 12.2 Å². The molecule has 0 aromatic heterocycles. The Morgan fingerprint density at radius 3 is 2.76 bits per heavy atom. The molecule has 1 rings (SSSR count). The zero-order valence-corrected chi connectivity index (χ0v) is 11.9. The summed E-state index contributed by atoms with van der Waals surface area (Å²) < 4.78 is 11.1. The molecule has 1 heterocycles. The highest BCUT2D eigenvalue weighted by atomic mass is 16.5. The molecule has 0 saturated carbocycles. The zero-order valence-electron chi connectivity index (χ0n) is 11.9. The minimum Gasteiger partial charge on any atom is -0.381 e. The largest absolute Gasteiger partial charge is 0.381 e. The molecule has 1 aliphatic rings. The summed E-state index contributed by atoms with van der Waals surface area (Å²) in [6.45, 7) is 9.40. The highest BCUT2D eigenvalue weighted by Gasteiger charge is 2.26. The summed E-state index contributed by atoms with van der Waals surface area (Å²) >= 11 is 0. The fraction of sp³-hybridized carbons (Fsp3) is 1.00. The van der Waals surface area contributed by atoms with Crippen LogP contribution in [0, 0.1) is 5.92 Å². The first-order valence-electron chi connectivity index (χ1n) is 6.95. The van der Waals surface area contributed by atoms with Gasteiger partial charge in [0.25, 0.3) is 0 Å². The predicted molar refractivity (Wildman–Crippen MR) is 71.3 cm³/mol. The van der Waals surface area contributed by atoms with Gasteiger partial charge >= 0.3 is 0 Å². The van der Waals surface area contributed by atoms with Crippen molar-refractivity contribution in [3.8, 4) is 0 Å². The highest BCUT2D eigenvalue weighted by Crippen LogP contribution is 2.24. The molecule has 0 aromatic carbocycles. The fourth-order valence-electron chi connectivity index (χ4n) is 2.45. The number of ether oxygens (including phenoxy) is 2. The van der Waals surface area contributed by atoms with Crippen LogP contribution in [0.15, 0.2) is 0 Å². The minimum atomic E-state index is -0.0107. The number of rotatable bonds is 7. The lowest BCUT2D eigenvalue weighted by atomic mass is 9.88. The zero-order chi connectivity index (χ0) is 12.7. The molecule has 2 atom stereocenters. The van der Waals surface area contributed by atoms with Crippen LogP contribution < -0.4 is 5.32 Å². The second-order valence-corrected chi connectivity index (χ2v) is 5.64. The molecular formula is C14H29NO2. The molecule has 102 valence electrons. The number of methoxy groups -OCH3 is 1. The van der Waals surface area contributed by atoms with E-state index in [0.29, 0.717) is 12.0 Å². The van der Waals surface area contributed by atoms with Gasteiger partial charge in [-0.25, -0.2) is 0 Å². The number of hydrogen-bond donors (Lipinski definition) is 1. The van der Waals surface area contributed by atoms with Crippen LogP contribution in [0.1, 0.15) is 46.5 Å². The lowest BCUT2D eigenvalue weighted by Crippen LogP contribution is -2.41. The Balaban J connectivity index is 2.41. The topological polar surface area (TPSA) is 30.5 Å². The molecule has 1 N–H and O–H groups in total. The van der Waals surface area contributed by atoms with Gasteiger partial charge in [-0.15, -0.1) is 0 Å². The second kappa shape index (κ2) is 7.34. The average Bonchev–Trinajstić information content (AvgIpc) is 2.35. The number of nitrogens with one attached hydrogen (secondary N) is 1. The van der Waals surface area contributed by atoms with Crippen LogP contribution in [0.5, 0.6) is 0 Å². The van der Waals surface area contributed by atoms with Crippen molar-refractivity contribution < 1.29 is 9.47 Å². The van der Waals surface area contributed by atoms with E-state index < -0.39 is 0 Å². The summed E-state index contributed by atoms with van der Waals surface area (Å²) in [7, 11) is 1.80. The van der Waals surface area contributed by atoms with Crippen LogP contribution >= 0.6 is 0 Å². The predicted octanol–water partition coefficient (Wildman–Crippen LogP) is 2.60. The smallest absolute Gasteiger partial charge is 0.0623 e. The third-order valence-corrected chi connectivity index (χ3v) is 3.84. The maximum absolute atomic E-state index is 5.60. The van der Waals surface area contributed by atoms with Crippen LogP contribution in [0.3, 0.4) is 0 Å². The van der Waals surface area contributed by atoms with Gasteiger partial charge in [0.2, 0.25) is 0 Å². The first-order chi connectivity index (χ1) is 8.09. The summed E-state index contributed by atoms with van der Waals surface area (Å²) in [5.41, 5.74) is -0.0107. The van der Waals surface area contributed by atoms with Gasteiger partial charge in [-0.1, -0.05) is 6.92 Å². The quantitative estimate of drug-likeness (QED) is 0.745. The average molecular weight is 243 g/mol. The lowest BCUT2D eigenvalue weighted by molar-refractivity contribution is 0.00181. The van der Waals surface area contributed by atoms with E-state index in [4.69, 9.17) is 9.47 Å². The SMILES string of the molecule is CCNC(CCC(C)(C)OC)C1CCCOC1. The molecule has 0 aliphatic carbocycles. The van der Waals surface area contributed by atoms with Gasteiger partial charge in [-0.3, -0.25) is 0 Å². The van der Waals surface area contributed by atoms with Crippen molar-refractivity contribution in [2.45, 2.75) is 58.1 Å². The van der Waals surface area contributed by atoms with E-state index in [2.05, 4.69) is 26.1 Å². The standard InChI is InChI=1S/C14H29NO2/c1-5-15-13(8-9-14(2,3)16-4)12-7-6-10-17-11-12/h12-13,15H,5-11H2,1-4H3. The molecule has 1 saturated heterocycles. The molecular weight excluding hydrogens is 214 g/mol. The van der Waals surface area contributed by atoms with Crippen molar-refractivity contribution in [2.24, 2.45) is 5.92 Å². The van der Waals surface area contributed by atoms with Crippen molar-refractivity contribution in [3.63, 3.8) is 0 Å². The second-order valence-electron chi connectivity index (χ2n) is 5.64. The Morgan fingerprint density at radius 2 is 2.24 bits per heavy atom. The molecule has 0 radical (unpaired) electrons. The Hall–Kier alpha value is -0.120. The minimum absolute atomic E-state index is 0.0107. The van der Waals surface area contributed by atoms with Gasteiger partial charge < -0.3 is 14.8 Å². The summed E-state index contributed by atoms with van der Waals surface area (Å²) in [4.78, 5) is 0. The van der Waals surface area contributed by atoms with Gasteiger partial charge in [0.1, 0.15) is 0 Å². The van der Waals surface area contributed by atoms with Gasteiger partial charge in [-0.05, 0) is 52.0 Å². The van der Waals surface area contributed by atoms with Gasteiger partial charge in [-0.2, -0.15) is 0 Å². The molecule has 3 heteroatoms. The molecule has 0 spiro atoms. The monoisotopic (exact) mass is 243 g/mol. The summed E-state index contributed by atoms with van der Waals surface area (Å²) in [5.74, 6) is 0.677. The summed E-state index contributed by atoms with van der Waals surface area (Å²) in [5, 5.41) is 3.61. The van der Waals surface area contributed by atoms with Gasteiger partial charge in [0.15, 0.2) is 0 Å². The molecule has 0 aromatic rings. The molecule has 17 heavy (non-hydrogen) atoms. The van der Waals surface area contributed by atoms with Crippen LogP contribution in [0.2, 0.25) is 0 Å². The third kappa shape index (κ3) is 5.36. The van der Waals surface area contributed by atoms with Gasteiger partial charge in [0, 0.05) is 19.8 Å². The highest BCUT2D eigenvalue weighted by molar-refractivity contribution is 4.81. The Morgan fingerprint density at radius 1 is 1.47 bits per heavy atom. The summed E-state index contributed by atoms with van der Waals surface area (Å²) in [6.07, 6.45) is 4.77. The first-order valence-corrected chi connectivity index (χ1v) is 6.95. The van der Waals surface area contributed by atoms with E-state index in [0.717, 1.165) is 26.2 Å². The van der Waals surface area contributed by atoms with Crippen LogP contribution in [-0.4, -0.2) is 38.5 Å². The van der Waals surface area contributed by atoms with Crippen LogP contribution in [0.4, 0.5) is 0 Å². The Kier molecular flexibility index (Phi) is 6.45. The molecule has 3 nitrogen and oxygen atoms in total. The van der Waals surface area contributed by atoms with E-state index in [1.165, 1.54) is 19.3 Å². The van der Waals surface area contributed by atoms with E-state index in [9.17, 15) is 0 Å². The molecule has 0 amide bonds. The third-order valence-electron chi connectivity index (χ3n) is 3.84. The maximum Gasteiger partial charge on any atom is 0.0623 e. The van der Waals surface area contributed by atoms with Crippen LogP contribution in [0.25, 0.3) is 0 Å². The van der Waals surface area contributed by atoms with Crippen molar-refractivity contribution in [2.75, 3.05) is 26.9 Å². The van der Waals surface area contributed by atoms with Crippen molar-refractivity contribution in [3.05, 3.63) is 0 Å². The van der Waals surface area contributed by atoms with E-state index in [1.807, 2.05) is 0 Å². The Bertz CT molecular complexity index is 200. The Labute approximate surface area is 106 Å². The molecule has 1 aliphatic heterocycles.